The summed E-state index contributed by atoms with van der Waals surface area (Å²) in [6.45, 7) is 0. The van der Waals surface area contributed by atoms with Crippen molar-refractivity contribution in [3.05, 3.63) is 59.5 Å². The molecule has 0 atom stereocenters. The molecule has 2 heterocycles. The van der Waals surface area contributed by atoms with E-state index in [0.29, 0.717) is 16.6 Å². The van der Waals surface area contributed by atoms with E-state index in [1.807, 2.05) is 18.2 Å². The van der Waals surface area contributed by atoms with Crippen LogP contribution in [0.5, 0.6) is 0 Å². The third-order valence-corrected chi connectivity index (χ3v) is 4.26. The monoisotopic (exact) mass is 338 g/mol. The van der Waals surface area contributed by atoms with Gasteiger partial charge in [0.25, 0.3) is 0 Å². The maximum atomic E-state index is 12.3. The van der Waals surface area contributed by atoms with Crippen LogP contribution >= 0.6 is 11.6 Å². The Hall–Kier alpha value is -2.66. The Kier molecular flexibility index (Phi) is 3.78. The van der Waals surface area contributed by atoms with Gasteiger partial charge in [0.1, 0.15) is 0 Å². The van der Waals surface area contributed by atoms with Crippen LogP contribution in [0.1, 0.15) is 24.3 Å². The minimum absolute atomic E-state index is 0.306. The molecule has 0 spiro atoms. The summed E-state index contributed by atoms with van der Waals surface area (Å²) in [6, 6.07) is 8.93. The molecule has 1 aromatic carbocycles. The number of benzene rings is 1. The number of aromatic nitrogens is 2. The zero-order valence-electron chi connectivity index (χ0n) is 12.8. The van der Waals surface area contributed by atoms with Gasteiger partial charge in [-0.2, -0.15) is 0 Å². The molecule has 0 unspecified atom stereocenters. The van der Waals surface area contributed by atoms with Gasteiger partial charge in [0.05, 0.1) is 29.3 Å². The van der Waals surface area contributed by atoms with Gasteiger partial charge in [0.15, 0.2) is 0 Å². The molecule has 2 aromatic heterocycles. The number of halogens is 1. The summed E-state index contributed by atoms with van der Waals surface area (Å²) in [5.41, 5.74) is 3.37. The molecule has 2 N–H and O–H groups in total. The van der Waals surface area contributed by atoms with E-state index in [0.717, 1.165) is 35.0 Å². The molecule has 0 saturated heterocycles. The number of anilines is 2. The van der Waals surface area contributed by atoms with Crippen LogP contribution in [-0.2, 0) is 0 Å². The fourth-order valence-corrected chi connectivity index (χ4v) is 2.99. The lowest BCUT2D eigenvalue weighted by molar-refractivity contribution is 0.262. The van der Waals surface area contributed by atoms with E-state index in [-0.39, 0.29) is 6.03 Å². The second-order valence-electron chi connectivity index (χ2n) is 5.84. The van der Waals surface area contributed by atoms with Crippen LogP contribution in [0.3, 0.4) is 0 Å². The fraction of sp³-hybridized carbons (Fsp3) is 0.167. The zero-order chi connectivity index (χ0) is 16.5. The predicted octanol–water partition coefficient (Wildman–Crippen LogP) is 4.80. The Morgan fingerprint density at radius 2 is 2.04 bits per heavy atom. The lowest BCUT2D eigenvalue weighted by Gasteiger charge is -2.14. The largest absolute Gasteiger partial charge is 0.323 e. The Labute approximate surface area is 144 Å². The summed E-state index contributed by atoms with van der Waals surface area (Å²) in [5, 5.41) is 7.39. The lowest BCUT2D eigenvalue weighted by Crippen LogP contribution is -2.20. The average molecular weight is 339 g/mol. The van der Waals surface area contributed by atoms with E-state index in [1.165, 1.54) is 0 Å². The number of nitrogens with one attached hydrogen (secondary N) is 2. The molecule has 1 fully saturated rings. The fourth-order valence-electron chi connectivity index (χ4n) is 2.82. The average Bonchev–Trinajstić information content (AvgIpc) is 3.40. The minimum atomic E-state index is -0.306. The maximum absolute atomic E-state index is 12.3. The maximum Gasteiger partial charge on any atom is 0.323 e. The number of carbonyl (C=O) groups excluding carboxylic acids is 1. The molecule has 2 amide bonds. The van der Waals surface area contributed by atoms with Gasteiger partial charge in [-0.1, -0.05) is 17.7 Å². The van der Waals surface area contributed by atoms with Crippen molar-refractivity contribution < 1.29 is 4.79 Å². The molecule has 0 bridgehead atoms. The molecule has 1 aliphatic carbocycles. The Balaban J connectivity index is 1.65. The van der Waals surface area contributed by atoms with Crippen LogP contribution in [0.2, 0.25) is 5.02 Å². The molecule has 1 saturated carbocycles. The van der Waals surface area contributed by atoms with Crippen LogP contribution in [0.25, 0.3) is 10.9 Å². The van der Waals surface area contributed by atoms with Gasteiger partial charge in [0.2, 0.25) is 0 Å². The van der Waals surface area contributed by atoms with Crippen LogP contribution < -0.4 is 10.6 Å². The number of urea groups is 1. The van der Waals surface area contributed by atoms with Crippen molar-refractivity contribution in [2.24, 2.45) is 0 Å². The number of amides is 2. The summed E-state index contributed by atoms with van der Waals surface area (Å²) in [5.74, 6) is 0.463. The van der Waals surface area contributed by atoms with Crippen molar-refractivity contribution in [1.82, 2.24) is 9.97 Å². The Morgan fingerprint density at radius 1 is 1.17 bits per heavy atom. The Bertz CT molecular complexity index is 910. The summed E-state index contributed by atoms with van der Waals surface area (Å²) in [6.07, 6.45) is 7.21. The van der Waals surface area contributed by atoms with E-state index in [9.17, 15) is 4.79 Å². The molecular formula is C18H15ClN4O. The molecule has 120 valence electrons. The van der Waals surface area contributed by atoms with Crippen molar-refractivity contribution in [3.63, 3.8) is 0 Å². The highest BCUT2D eigenvalue weighted by atomic mass is 35.5. The number of rotatable bonds is 3. The molecule has 4 rings (SSSR count). The second-order valence-corrected chi connectivity index (χ2v) is 6.28. The quantitative estimate of drug-likeness (QED) is 0.720. The van der Waals surface area contributed by atoms with Gasteiger partial charge >= 0.3 is 6.03 Å². The molecule has 0 aliphatic heterocycles. The summed E-state index contributed by atoms with van der Waals surface area (Å²) in [7, 11) is 0. The third-order valence-electron chi connectivity index (χ3n) is 4.03. The zero-order valence-corrected chi connectivity index (χ0v) is 13.5. The van der Waals surface area contributed by atoms with Gasteiger partial charge < -0.3 is 10.6 Å². The number of hydrogen-bond acceptors (Lipinski definition) is 3. The molecule has 5 nitrogen and oxygen atoms in total. The second kappa shape index (κ2) is 6.09. The summed E-state index contributed by atoms with van der Waals surface area (Å²) >= 11 is 6.05. The minimum Gasteiger partial charge on any atom is -0.306 e. The number of fused-ring (bicyclic) bond motifs is 1. The standard InChI is InChI=1S/C18H15ClN4O/c19-12-5-6-14-15(8-12)21-10-16(17(14)11-3-4-11)23-18(24)22-13-2-1-7-20-9-13/h1-2,5-11H,3-4H2,(H2,22,23,24). The van der Waals surface area contributed by atoms with E-state index < -0.39 is 0 Å². The van der Waals surface area contributed by atoms with Crippen LogP contribution in [-0.4, -0.2) is 16.0 Å². The van der Waals surface area contributed by atoms with Crippen LogP contribution in [0, 0.1) is 0 Å². The topological polar surface area (TPSA) is 66.9 Å². The number of hydrogen-bond donors (Lipinski definition) is 2. The smallest absolute Gasteiger partial charge is 0.306 e. The molecule has 1 aliphatic rings. The summed E-state index contributed by atoms with van der Waals surface area (Å²) < 4.78 is 0. The first-order valence-corrected chi connectivity index (χ1v) is 8.15. The Morgan fingerprint density at radius 3 is 2.79 bits per heavy atom. The number of pyridine rings is 2. The van der Waals surface area contributed by atoms with Gasteiger partial charge in [-0.25, -0.2) is 4.79 Å². The first-order chi connectivity index (χ1) is 11.7. The van der Waals surface area contributed by atoms with Gasteiger partial charge in [-0.15, -0.1) is 0 Å². The third kappa shape index (κ3) is 3.03. The van der Waals surface area contributed by atoms with E-state index in [1.54, 1.807) is 30.7 Å². The van der Waals surface area contributed by atoms with Crippen molar-refractivity contribution in [2.45, 2.75) is 18.8 Å². The van der Waals surface area contributed by atoms with Gasteiger partial charge in [-0.05, 0) is 48.6 Å². The molecule has 3 aromatic rings. The first kappa shape index (κ1) is 14.9. The molecule has 0 radical (unpaired) electrons. The van der Waals surface area contributed by atoms with Gasteiger partial charge in [0, 0.05) is 16.6 Å². The molecule has 24 heavy (non-hydrogen) atoms. The van der Waals surface area contributed by atoms with Crippen LogP contribution in [0.4, 0.5) is 16.2 Å². The highest BCUT2D eigenvalue weighted by Gasteiger charge is 2.29. The SMILES string of the molecule is O=C(Nc1cccnc1)Nc1cnc2cc(Cl)ccc2c1C1CC1. The molecular weight excluding hydrogens is 324 g/mol. The van der Waals surface area contributed by atoms with E-state index in [2.05, 4.69) is 20.6 Å². The number of carbonyl (C=O) groups is 1. The van der Waals surface area contributed by atoms with Gasteiger partial charge in [-0.3, -0.25) is 9.97 Å². The van der Waals surface area contributed by atoms with Crippen molar-refractivity contribution >= 4 is 39.9 Å². The van der Waals surface area contributed by atoms with E-state index >= 15 is 0 Å². The normalized spacial score (nSPS) is 13.7. The number of nitrogens with zero attached hydrogens (tertiary/aromatic N) is 2. The highest BCUT2D eigenvalue weighted by molar-refractivity contribution is 6.31. The predicted molar refractivity (Wildman–Crippen MR) is 95.6 cm³/mol. The van der Waals surface area contributed by atoms with Crippen LogP contribution in [0.15, 0.2) is 48.9 Å². The highest BCUT2D eigenvalue weighted by Crippen LogP contribution is 2.46. The summed E-state index contributed by atoms with van der Waals surface area (Å²) in [4.78, 5) is 20.7. The van der Waals surface area contributed by atoms with Crippen molar-refractivity contribution in [3.8, 4) is 0 Å². The lowest BCUT2D eigenvalue weighted by atomic mass is 10.0. The van der Waals surface area contributed by atoms with Crippen molar-refractivity contribution in [2.75, 3.05) is 10.6 Å². The van der Waals surface area contributed by atoms with Crippen molar-refractivity contribution in [1.29, 1.82) is 0 Å². The first-order valence-electron chi connectivity index (χ1n) is 7.77. The van der Waals surface area contributed by atoms with E-state index in [4.69, 9.17) is 11.6 Å². The molecule has 6 heteroatoms.